The van der Waals surface area contributed by atoms with Crippen LogP contribution in [0.25, 0.3) is 22.3 Å². The highest BCUT2D eigenvalue weighted by Gasteiger charge is 2.17. The van der Waals surface area contributed by atoms with E-state index in [1.54, 1.807) is 18.2 Å². The van der Waals surface area contributed by atoms with Gasteiger partial charge in [0.1, 0.15) is 5.69 Å². The Hall–Kier alpha value is -5.43. The molecule has 4 N–H and O–H groups in total. The summed E-state index contributed by atoms with van der Waals surface area (Å²) in [5, 5.41) is 19.3. The Morgan fingerprint density at radius 3 is 2.54 bits per heavy atom. The average molecular weight is 492 g/mol. The number of H-pyrrole nitrogens is 2. The number of nitrogens with zero attached hydrogens (tertiary/aromatic N) is 2. The van der Waals surface area contributed by atoms with Gasteiger partial charge in [0.05, 0.1) is 34.9 Å². The Bertz CT molecular complexity index is 1740. The molecule has 0 radical (unpaired) electrons. The van der Waals surface area contributed by atoms with Crippen LogP contribution in [0, 0.1) is 18.3 Å². The summed E-state index contributed by atoms with van der Waals surface area (Å²) in [4.78, 5) is 42.7. The second-order valence-electron chi connectivity index (χ2n) is 8.43. The SMILES string of the molecule is Cc1ccc(CC(=O)Nc2cccc3cc(C(=O)Nc4ccc(C#N)cc4-c4noc(=O)[nH]4)[nH]c23)cc1. The molecule has 5 aromatic rings. The van der Waals surface area contributed by atoms with E-state index in [4.69, 9.17) is 0 Å². The van der Waals surface area contributed by atoms with Crippen molar-refractivity contribution in [1.29, 1.82) is 5.26 Å². The number of hydrogen-bond donors (Lipinski definition) is 4. The lowest BCUT2D eigenvalue weighted by Gasteiger charge is -2.09. The molecule has 10 heteroatoms. The monoisotopic (exact) mass is 492 g/mol. The first-order valence-corrected chi connectivity index (χ1v) is 11.3. The molecule has 0 aliphatic rings. The smallest absolute Gasteiger partial charge is 0.349 e. The van der Waals surface area contributed by atoms with E-state index in [1.165, 1.54) is 18.2 Å². The van der Waals surface area contributed by atoms with Crippen molar-refractivity contribution in [2.75, 3.05) is 10.6 Å². The summed E-state index contributed by atoms with van der Waals surface area (Å²) < 4.78 is 4.57. The van der Waals surface area contributed by atoms with Crippen LogP contribution in [-0.2, 0) is 11.2 Å². The normalized spacial score (nSPS) is 10.7. The van der Waals surface area contributed by atoms with Crippen molar-refractivity contribution in [3.63, 3.8) is 0 Å². The minimum absolute atomic E-state index is 0.0765. The fourth-order valence-electron chi connectivity index (χ4n) is 3.92. The van der Waals surface area contributed by atoms with Gasteiger partial charge in [0.2, 0.25) is 5.91 Å². The van der Waals surface area contributed by atoms with Gasteiger partial charge in [-0.25, -0.2) is 4.79 Å². The minimum atomic E-state index is -0.762. The number of aromatic amines is 2. The number of amides is 2. The second kappa shape index (κ2) is 9.67. The van der Waals surface area contributed by atoms with Crippen LogP contribution in [0.3, 0.4) is 0 Å². The molecule has 5 rings (SSSR count). The van der Waals surface area contributed by atoms with Crippen LogP contribution in [0.2, 0.25) is 0 Å². The number of benzene rings is 3. The highest BCUT2D eigenvalue weighted by molar-refractivity contribution is 6.09. The summed E-state index contributed by atoms with van der Waals surface area (Å²) in [7, 11) is 0. The lowest BCUT2D eigenvalue weighted by atomic mass is 10.1. The van der Waals surface area contributed by atoms with Crippen LogP contribution in [0.1, 0.15) is 27.2 Å². The summed E-state index contributed by atoms with van der Waals surface area (Å²) in [6, 6.07) is 21.3. The predicted molar refractivity (Wildman–Crippen MR) is 137 cm³/mol. The Kier molecular flexibility index (Phi) is 6.10. The molecule has 182 valence electrons. The van der Waals surface area contributed by atoms with Gasteiger partial charge < -0.3 is 15.6 Å². The molecule has 0 unspecified atom stereocenters. The number of hydrogen-bond acceptors (Lipinski definition) is 6. The van der Waals surface area contributed by atoms with Gasteiger partial charge in [0.15, 0.2) is 5.82 Å². The molecular weight excluding hydrogens is 472 g/mol. The first kappa shape index (κ1) is 23.3. The van der Waals surface area contributed by atoms with Crippen LogP contribution in [0.4, 0.5) is 11.4 Å². The van der Waals surface area contributed by atoms with Crippen molar-refractivity contribution < 1.29 is 14.1 Å². The lowest BCUT2D eigenvalue weighted by Crippen LogP contribution is -2.15. The topological polar surface area (TPSA) is 157 Å². The van der Waals surface area contributed by atoms with E-state index in [1.807, 2.05) is 43.3 Å². The number of carbonyl (C=O) groups is 2. The number of carbonyl (C=O) groups excluding carboxylic acids is 2. The zero-order chi connectivity index (χ0) is 25.9. The van der Waals surface area contributed by atoms with Crippen molar-refractivity contribution >= 4 is 34.1 Å². The molecule has 0 fully saturated rings. The quantitative estimate of drug-likeness (QED) is 0.279. The molecule has 2 aromatic heterocycles. The largest absolute Gasteiger partial charge is 0.439 e. The Balaban J connectivity index is 1.39. The molecule has 0 saturated carbocycles. The summed E-state index contributed by atoms with van der Waals surface area (Å²) >= 11 is 0. The Morgan fingerprint density at radius 1 is 1.00 bits per heavy atom. The number of nitriles is 1. The van der Waals surface area contributed by atoms with Gasteiger partial charge in [0, 0.05) is 10.9 Å². The van der Waals surface area contributed by atoms with Crippen molar-refractivity contribution in [1.82, 2.24) is 15.1 Å². The first-order chi connectivity index (χ1) is 17.9. The average Bonchev–Trinajstić information content (AvgIpc) is 3.53. The second-order valence-corrected chi connectivity index (χ2v) is 8.43. The zero-order valence-electron chi connectivity index (χ0n) is 19.6. The summed E-state index contributed by atoms with van der Waals surface area (Å²) in [5.74, 6) is -1.33. The van der Waals surface area contributed by atoms with Gasteiger partial charge in [-0.3, -0.25) is 19.1 Å². The number of aryl methyl sites for hydroxylation is 1. The van der Waals surface area contributed by atoms with Crippen LogP contribution in [0.5, 0.6) is 0 Å². The van der Waals surface area contributed by atoms with Crippen LogP contribution in [-0.4, -0.2) is 26.9 Å². The number of para-hydroxylation sites is 1. The van der Waals surface area contributed by atoms with Crippen molar-refractivity contribution in [2.45, 2.75) is 13.3 Å². The molecule has 0 aliphatic carbocycles. The molecule has 3 aromatic carbocycles. The van der Waals surface area contributed by atoms with Gasteiger partial charge in [-0.15, -0.1) is 0 Å². The van der Waals surface area contributed by atoms with E-state index in [9.17, 15) is 19.6 Å². The third kappa shape index (κ3) is 5.01. The van der Waals surface area contributed by atoms with E-state index < -0.39 is 11.7 Å². The van der Waals surface area contributed by atoms with E-state index >= 15 is 0 Å². The maximum Gasteiger partial charge on any atom is 0.439 e. The van der Waals surface area contributed by atoms with Crippen molar-refractivity contribution in [3.05, 3.63) is 99.7 Å². The Morgan fingerprint density at radius 2 is 1.81 bits per heavy atom. The molecule has 0 bridgehead atoms. The molecular formula is C27H20N6O4. The third-order valence-electron chi connectivity index (χ3n) is 5.75. The van der Waals surface area contributed by atoms with Gasteiger partial charge in [-0.1, -0.05) is 47.1 Å². The lowest BCUT2D eigenvalue weighted by molar-refractivity contribution is -0.115. The van der Waals surface area contributed by atoms with Gasteiger partial charge in [0.25, 0.3) is 5.91 Å². The van der Waals surface area contributed by atoms with Gasteiger partial charge >= 0.3 is 5.76 Å². The highest BCUT2D eigenvalue weighted by atomic mass is 16.5. The molecule has 2 heterocycles. The van der Waals surface area contributed by atoms with Gasteiger partial charge in [-0.05, 0) is 42.8 Å². The van der Waals surface area contributed by atoms with Crippen LogP contribution < -0.4 is 16.4 Å². The van der Waals surface area contributed by atoms with E-state index in [-0.39, 0.29) is 23.8 Å². The summed E-state index contributed by atoms with van der Waals surface area (Å²) in [6.07, 6.45) is 0.219. The number of anilines is 2. The fraction of sp³-hybridized carbons (Fsp3) is 0.0741. The molecule has 0 aliphatic heterocycles. The predicted octanol–water partition coefficient (Wildman–Crippen LogP) is 4.12. The van der Waals surface area contributed by atoms with E-state index in [2.05, 4.69) is 30.3 Å². The standard InChI is InChI=1S/C27H20N6O4/c1-15-5-7-16(8-6-15)12-23(34)29-21-4-2-3-18-13-22(30-24(18)21)26(35)31-20-10-9-17(14-28)11-19(20)25-32-27(36)37-33-25/h2-11,13,30H,12H2,1H3,(H,29,34)(H,31,35)(H,32,33,36). The molecule has 0 spiro atoms. The fourth-order valence-corrected chi connectivity index (χ4v) is 3.92. The van der Waals surface area contributed by atoms with E-state index in [0.29, 0.717) is 28.0 Å². The van der Waals surface area contributed by atoms with Crippen LogP contribution >= 0.6 is 0 Å². The summed E-state index contributed by atoms with van der Waals surface area (Å²) in [6.45, 7) is 1.99. The number of fused-ring (bicyclic) bond motifs is 1. The highest BCUT2D eigenvalue weighted by Crippen LogP contribution is 2.28. The molecule has 0 atom stereocenters. The molecule has 0 saturated heterocycles. The first-order valence-electron chi connectivity index (χ1n) is 11.3. The molecule has 2 amide bonds. The van der Waals surface area contributed by atoms with Crippen molar-refractivity contribution in [2.24, 2.45) is 0 Å². The van der Waals surface area contributed by atoms with Gasteiger partial charge in [-0.2, -0.15) is 5.26 Å². The third-order valence-corrected chi connectivity index (χ3v) is 5.75. The zero-order valence-corrected chi connectivity index (χ0v) is 19.6. The minimum Gasteiger partial charge on any atom is -0.349 e. The molecule has 10 nitrogen and oxygen atoms in total. The molecule has 37 heavy (non-hydrogen) atoms. The number of aromatic nitrogens is 3. The van der Waals surface area contributed by atoms with Crippen molar-refractivity contribution in [3.8, 4) is 17.5 Å². The number of nitrogens with one attached hydrogen (secondary N) is 4. The maximum absolute atomic E-state index is 13.1. The number of rotatable bonds is 6. The Labute approximate surface area is 209 Å². The van der Waals surface area contributed by atoms with Crippen LogP contribution in [0.15, 0.2) is 76.0 Å². The summed E-state index contributed by atoms with van der Waals surface area (Å²) in [5.41, 5.74) is 4.37. The maximum atomic E-state index is 13.1. The van der Waals surface area contributed by atoms with E-state index in [0.717, 1.165) is 16.5 Å².